The van der Waals surface area contributed by atoms with E-state index < -0.39 is 6.04 Å². The Bertz CT molecular complexity index is 931. The number of ether oxygens (including phenoxy) is 1. The highest BCUT2D eigenvalue weighted by Crippen LogP contribution is 2.40. The molecule has 1 spiro atoms. The molecule has 3 rings (SSSR count). The van der Waals surface area contributed by atoms with Crippen LogP contribution in [0.25, 0.3) is 6.08 Å². The number of carbonyl (C=O) groups is 3. The molecule has 0 aromatic heterocycles. The van der Waals surface area contributed by atoms with Gasteiger partial charge in [-0.05, 0) is 57.1 Å². The van der Waals surface area contributed by atoms with Crippen LogP contribution in [0.15, 0.2) is 42.5 Å². The molecule has 0 bridgehead atoms. The van der Waals surface area contributed by atoms with E-state index in [1.807, 2.05) is 54.0 Å². The van der Waals surface area contributed by atoms with Crippen LogP contribution in [0.5, 0.6) is 5.75 Å². The van der Waals surface area contributed by atoms with Crippen LogP contribution in [0.2, 0.25) is 0 Å². The number of nitrogens with zero attached hydrogens (tertiary/aromatic N) is 2. The summed E-state index contributed by atoms with van der Waals surface area (Å²) in [6.07, 6.45) is 6.56. The zero-order chi connectivity index (χ0) is 24.7. The van der Waals surface area contributed by atoms with Crippen LogP contribution in [0.3, 0.4) is 0 Å². The first-order valence-corrected chi connectivity index (χ1v) is 12.1. The second-order valence-electron chi connectivity index (χ2n) is 9.55. The van der Waals surface area contributed by atoms with Gasteiger partial charge < -0.3 is 19.9 Å². The van der Waals surface area contributed by atoms with E-state index in [0.717, 1.165) is 36.1 Å². The molecule has 0 radical (unpaired) electrons. The fourth-order valence-corrected chi connectivity index (χ4v) is 4.92. The van der Waals surface area contributed by atoms with Crippen LogP contribution in [0.4, 0.5) is 0 Å². The lowest BCUT2D eigenvalue weighted by Crippen LogP contribution is -2.49. The van der Waals surface area contributed by atoms with Crippen molar-refractivity contribution >= 4 is 23.8 Å². The summed E-state index contributed by atoms with van der Waals surface area (Å²) >= 11 is 0. The third kappa shape index (κ3) is 6.49. The minimum Gasteiger partial charge on any atom is -0.493 e. The van der Waals surface area contributed by atoms with E-state index in [4.69, 9.17) is 4.74 Å². The number of amides is 3. The first-order chi connectivity index (χ1) is 16.2. The number of para-hydroxylation sites is 1. The summed E-state index contributed by atoms with van der Waals surface area (Å²) in [7, 11) is 0. The Morgan fingerprint density at radius 1 is 1.12 bits per heavy atom. The van der Waals surface area contributed by atoms with Gasteiger partial charge in [-0.25, -0.2) is 0 Å². The molecule has 34 heavy (non-hydrogen) atoms. The zero-order valence-corrected chi connectivity index (χ0v) is 20.6. The fourth-order valence-electron chi connectivity index (χ4n) is 4.92. The lowest BCUT2D eigenvalue weighted by molar-refractivity contribution is -0.136. The van der Waals surface area contributed by atoms with Gasteiger partial charge in [-0.15, -0.1) is 6.58 Å². The molecule has 2 saturated heterocycles. The Hall–Kier alpha value is -3.09. The van der Waals surface area contributed by atoms with E-state index >= 15 is 0 Å². The Balaban J connectivity index is 1.56. The van der Waals surface area contributed by atoms with Crippen LogP contribution in [-0.4, -0.2) is 66.3 Å². The van der Waals surface area contributed by atoms with Gasteiger partial charge in [0.05, 0.1) is 6.61 Å². The average Bonchev–Trinajstić information content (AvgIpc) is 3.21. The van der Waals surface area contributed by atoms with Crippen molar-refractivity contribution in [2.75, 3.05) is 32.8 Å². The summed E-state index contributed by atoms with van der Waals surface area (Å²) in [5.74, 6) is 0.521. The van der Waals surface area contributed by atoms with Gasteiger partial charge in [-0.2, -0.15) is 0 Å². The molecule has 2 fully saturated rings. The molecule has 3 amide bonds. The van der Waals surface area contributed by atoms with Gasteiger partial charge in [-0.1, -0.05) is 23.8 Å². The zero-order valence-electron chi connectivity index (χ0n) is 20.6. The van der Waals surface area contributed by atoms with Gasteiger partial charge in [0.25, 0.3) is 0 Å². The highest BCUT2D eigenvalue weighted by atomic mass is 16.5. The Morgan fingerprint density at radius 3 is 2.38 bits per heavy atom. The molecule has 7 nitrogen and oxygen atoms in total. The standard InChI is InChI=1S/C27H37N3O4/c1-5-34-24-9-7-6-8-22(24)10-11-25(32)29-15-12-27(13-16-29)14-17-30(19-27)26(33)23(18-20(2)3)28-21(4)31/h6-11,23H,2,5,12-19H2,1,3-4H3,(H,28,31). The number of piperidine rings is 1. The van der Waals surface area contributed by atoms with Crippen LogP contribution in [0.1, 0.15) is 52.0 Å². The maximum atomic E-state index is 13.1. The van der Waals surface area contributed by atoms with Crippen LogP contribution in [-0.2, 0) is 14.4 Å². The van der Waals surface area contributed by atoms with Gasteiger partial charge in [0.2, 0.25) is 17.7 Å². The number of hydrogen-bond acceptors (Lipinski definition) is 4. The van der Waals surface area contributed by atoms with E-state index in [1.54, 1.807) is 6.08 Å². The van der Waals surface area contributed by atoms with E-state index in [2.05, 4.69) is 11.9 Å². The monoisotopic (exact) mass is 467 g/mol. The smallest absolute Gasteiger partial charge is 0.246 e. The molecule has 1 atom stereocenters. The number of likely N-dealkylation sites (tertiary alicyclic amines) is 2. The van der Waals surface area contributed by atoms with Crippen LogP contribution in [0, 0.1) is 5.41 Å². The van der Waals surface area contributed by atoms with Gasteiger partial charge in [-0.3, -0.25) is 14.4 Å². The molecule has 2 aliphatic rings. The summed E-state index contributed by atoms with van der Waals surface area (Å²) < 4.78 is 5.63. The van der Waals surface area contributed by atoms with Crippen molar-refractivity contribution in [2.45, 2.75) is 52.5 Å². The number of benzene rings is 1. The quantitative estimate of drug-likeness (QED) is 0.469. The predicted molar refractivity (Wildman–Crippen MR) is 133 cm³/mol. The van der Waals surface area contributed by atoms with Crippen molar-refractivity contribution in [3.63, 3.8) is 0 Å². The van der Waals surface area contributed by atoms with Gasteiger partial charge >= 0.3 is 0 Å². The first-order valence-electron chi connectivity index (χ1n) is 12.1. The van der Waals surface area contributed by atoms with Gasteiger partial charge in [0, 0.05) is 44.7 Å². The Kier molecular flexibility index (Phi) is 8.53. The highest BCUT2D eigenvalue weighted by Gasteiger charge is 2.43. The Morgan fingerprint density at radius 2 is 1.76 bits per heavy atom. The fraction of sp³-hybridized carbons (Fsp3) is 0.519. The van der Waals surface area contributed by atoms with Gasteiger partial charge in [0.1, 0.15) is 11.8 Å². The second-order valence-corrected chi connectivity index (χ2v) is 9.55. The molecule has 2 aliphatic heterocycles. The van der Waals surface area contributed by atoms with E-state index in [-0.39, 0.29) is 23.1 Å². The van der Waals surface area contributed by atoms with Crippen molar-refractivity contribution in [2.24, 2.45) is 5.41 Å². The van der Waals surface area contributed by atoms with E-state index in [0.29, 0.717) is 39.2 Å². The summed E-state index contributed by atoms with van der Waals surface area (Å²) in [6.45, 7) is 12.4. The molecule has 0 aliphatic carbocycles. The van der Waals surface area contributed by atoms with Crippen molar-refractivity contribution in [3.05, 3.63) is 48.1 Å². The van der Waals surface area contributed by atoms with Crippen molar-refractivity contribution < 1.29 is 19.1 Å². The predicted octanol–water partition coefficient (Wildman–Crippen LogP) is 3.41. The normalized spacial score (nSPS) is 18.2. The molecular formula is C27H37N3O4. The Labute approximate surface area is 202 Å². The molecule has 0 saturated carbocycles. The summed E-state index contributed by atoms with van der Waals surface area (Å²) in [5, 5.41) is 2.78. The topological polar surface area (TPSA) is 79.0 Å². The van der Waals surface area contributed by atoms with E-state index in [1.165, 1.54) is 6.92 Å². The molecule has 1 unspecified atom stereocenters. The minimum atomic E-state index is -0.559. The van der Waals surface area contributed by atoms with Crippen molar-refractivity contribution in [1.82, 2.24) is 15.1 Å². The maximum Gasteiger partial charge on any atom is 0.246 e. The number of nitrogens with one attached hydrogen (secondary N) is 1. The maximum absolute atomic E-state index is 13.1. The largest absolute Gasteiger partial charge is 0.493 e. The second kappa shape index (κ2) is 11.4. The molecular weight excluding hydrogens is 430 g/mol. The summed E-state index contributed by atoms with van der Waals surface area (Å²) in [6, 6.07) is 7.12. The van der Waals surface area contributed by atoms with E-state index in [9.17, 15) is 14.4 Å². The SMILES string of the molecule is C=C(C)CC(NC(C)=O)C(=O)N1CCC2(CCN(C(=O)C=Cc3ccccc3OCC)CC2)C1. The third-order valence-electron chi connectivity index (χ3n) is 6.74. The summed E-state index contributed by atoms with van der Waals surface area (Å²) in [5.41, 5.74) is 1.80. The molecule has 7 heteroatoms. The number of carbonyl (C=O) groups excluding carboxylic acids is 3. The molecule has 1 N–H and O–H groups in total. The third-order valence-corrected chi connectivity index (χ3v) is 6.74. The average molecular weight is 468 g/mol. The van der Waals surface area contributed by atoms with Gasteiger partial charge in [0.15, 0.2) is 0 Å². The lowest BCUT2D eigenvalue weighted by atomic mass is 9.77. The molecule has 184 valence electrons. The summed E-state index contributed by atoms with van der Waals surface area (Å²) in [4.78, 5) is 41.2. The van der Waals surface area contributed by atoms with Crippen molar-refractivity contribution in [1.29, 1.82) is 0 Å². The molecule has 1 aromatic carbocycles. The van der Waals surface area contributed by atoms with Crippen molar-refractivity contribution in [3.8, 4) is 5.75 Å². The van der Waals surface area contributed by atoms with Crippen LogP contribution >= 0.6 is 0 Å². The number of hydrogen-bond donors (Lipinski definition) is 1. The van der Waals surface area contributed by atoms with Crippen LogP contribution < -0.4 is 10.1 Å². The lowest BCUT2D eigenvalue weighted by Gasteiger charge is -2.39. The first kappa shape index (κ1) is 25.5. The molecule has 2 heterocycles. The molecule has 1 aromatic rings. The minimum absolute atomic E-state index is 0.000684. The number of rotatable bonds is 8. The highest BCUT2D eigenvalue weighted by molar-refractivity contribution is 5.92.